The quantitative estimate of drug-likeness (QED) is 0.718. The fraction of sp³-hybridized carbons (Fsp3) is 0.235. The van der Waals surface area contributed by atoms with Crippen LogP contribution in [0.5, 0.6) is 0 Å². The maximum Gasteiger partial charge on any atom is 0.280 e. The number of halogens is 3. The van der Waals surface area contributed by atoms with Crippen molar-refractivity contribution < 1.29 is 13.6 Å². The highest BCUT2D eigenvalue weighted by Crippen LogP contribution is 2.36. The van der Waals surface area contributed by atoms with Crippen molar-refractivity contribution in [1.82, 2.24) is 15.8 Å². The molecular formula is C17H15BrF2N4O. The molecule has 1 aliphatic carbocycles. The molecule has 130 valence electrons. The Balaban J connectivity index is 1.64. The third-order valence-corrected chi connectivity index (χ3v) is 4.74. The van der Waals surface area contributed by atoms with E-state index in [2.05, 4.69) is 32.0 Å². The summed E-state index contributed by atoms with van der Waals surface area (Å²) in [5.74, 6) is 0.0531. The summed E-state index contributed by atoms with van der Waals surface area (Å²) >= 11 is 3.34. The van der Waals surface area contributed by atoms with Crippen LogP contribution in [0.4, 0.5) is 14.5 Å². The van der Waals surface area contributed by atoms with Crippen LogP contribution in [0.1, 0.15) is 12.8 Å². The summed E-state index contributed by atoms with van der Waals surface area (Å²) in [5, 5.41) is 7.20. The molecule has 0 aromatic heterocycles. The lowest BCUT2D eigenvalue weighted by atomic mass is 10.2. The number of fused-ring (bicyclic) bond motifs is 1. The Kier molecular flexibility index (Phi) is 4.09. The Labute approximate surface area is 151 Å². The Morgan fingerprint density at radius 2 is 1.96 bits per heavy atom. The molecule has 3 N–H and O–H groups in total. The van der Waals surface area contributed by atoms with Crippen molar-refractivity contribution in [1.29, 1.82) is 0 Å². The highest BCUT2D eigenvalue weighted by Gasteiger charge is 2.36. The summed E-state index contributed by atoms with van der Waals surface area (Å²) in [7, 11) is 0. The highest BCUT2D eigenvalue weighted by atomic mass is 79.9. The standard InChI is InChI=1S/C17H15BrF2N4O/c18-10-3-5-11(6-4-10)22-17(25)12-8-21-24-14(15(19)20)7-13(9-1-2-9)23-16(12)24/h3-7,15,21,23H,1-2,8H2,(H,22,25). The molecule has 3 aliphatic rings. The van der Waals surface area contributed by atoms with Gasteiger partial charge in [0.05, 0.1) is 5.57 Å². The number of nitrogens with one attached hydrogen (secondary N) is 3. The van der Waals surface area contributed by atoms with Gasteiger partial charge in [0.1, 0.15) is 11.5 Å². The molecule has 1 saturated carbocycles. The Morgan fingerprint density at radius 1 is 1.24 bits per heavy atom. The van der Waals surface area contributed by atoms with Crippen molar-refractivity contribution >= 4 is 27.5 Å². The van der Waals surface area contributed by atoms with Gasteiger partial charge in [-0.05, 0) is 48.8 Å². The number of alkyl halides is 2. The Morgan fingerprint density at radius 3 is 2.60 bits per heavy atom. The minimum Gasteiger partial charge on any atom is -0.340 e. The average molecular weight is 409 g/mol. The van der Waals surface area contributed by atoms with Crippen LogP contribution in [-0.4, -0.2) is 23.9 Å². The van der Waals surface area contributed by atoms with Gasteiger partial charge in [0.15, 0.2) is 0 Å². The number of carbonyl (C=O) groups excluding carboxylic acids is 1. The van der Waals surface area contributed by atoms with Gasteiger partial charge in [-0.15, -0.1) is 0 Å². The molecule has 25 heavy (non-hydrogen) atoms. The lowest BCUT2D eigenvalue weighted by Crippen LogP contribution is -2.41. The predicted molar refractivity (Wildman–Crippen MR) is 93.1 cm³/mol. The fourth-order valence-electron chi connectivity index (χ4n) is 2.79. The third-order valence-electron chi connectivity index (χ3n) is 4.21. The second-order valence-electron chi connectivity index (χ2n) is 5.97. The molecule has 0 saturated heterocycles. The molecular weight excluding hydrogens is 394 g/mol. The van der Waals surface area contributed by atoms with E-state index in [4.69, 9.17) is 0 Å². The number of hydrazine groups is 1. The molecule has 0 atom stereocenters. The number of carbonyl (C=O) groups is 1. The molecule has 0 radical (unpaired) electrons. The van der Waals surface area contributed by atoms with E-state index in [1.54, 1.807) is 12.1 Å². The first-order chi connectivity index (χ1) is 12.0. The first-order valence-electron chi connectivity index (χ1n) is 7.85. The van der Waals surface area contributed by atoms with Gasteiger partial charge in [0, 0.05) is 22.4 Å². The predicted octanol–water partition coefficient (Wildman–Crippen LogP) is 3.22. The Hall–Kier alpha value is -2.19. The maximum atomic E-state index is 13.4. The monoisotopic (exact) mass is 408 g/mol. The summed E-state index contributed by atoms with van der Waals surface area (Å²) in [6.07, 6.45) is 0.624. The van der Waals surface area contributed by atoms with Crippen LogP contribution in [0.25, 0.3) is 0 Å². The molecule has 2 heterocycles. The SMILES string of the molecule is O=C(Nc1ccc(Br)cc1)C1=C2NC(=C3CC3)C=C(C(F)F)N2NC1. The molecule has 1 aromatic rings. The van der Waals surface area contributed by atoms with E-state index in [0.29, 0.717) is 22.8 Å². The molecule has 1 amide bonds. The van der Waals surface area contributed by atoms with Gasteiger partial charge >= 0.3 is 0 Å². The summed E-state index contributed by atoms with van der Waals surface area (Å²) < 4.78 is 27.7. The summed E-state index contributed by atoms with van der Waals surface area (Å²) in [6, 6.07) is 7.17. The van der Waals surface area contributed by atoms with Crippen molar-refractivity contribution in [2.45, 2.75) is 19.3 Å². The van der Waals surface area contributed by atoms with Crippen molar-refractivity contribution in [2.24, 2.45) is 0 Å². The number of amides is 1. The normalized spacial score (nSPS) is 19.0. The zero-order valence-corrected chi connectivity index (χ0v) is 14.7. The van der Waals surface area contributed by atoms with Crippen molar-refractivity contribution in [2.75, 3.05) is 11.9 Å². The van der Waals surface area contributed by atoms with Gasteiger partial charge in [0.2, 0.25) is 0 Å². The van der Waals surface area contributed by atoms with Gasteiger partial charge in [-0.25, -0.2) is 14.2 Å². The average Bonchev–Trinajstić information content (AvgIpc) is 3.35. The number of hydrogen-bond donors (Lipinski definition) is 3. The lowest BCUT2D eigenvalue weighted by molar-refractivity contribution is -0.112. The molecule has 2 aliphatic heterocycles. The largest absolute Gasteiger partial charge is 0.340 e. The van der Waals surface area contributed by atoms with E-state index in [9.17, 15) is 13.6 Å². The highest BCUT2D eigenvalue weighted by molar-refractivity contribution is 9.10. The number of nitrogens with zero attached hydrogens (tertiary/aromatic N) is 1. The molecule has 0 unspecified atom stereocenters. The molecule has 1 fully saturated rings. The van der Waals surface area contributed by atoms with Gasteiger partial charge in [-0.3, -0.25) is 9.80 Å². The Bertz CT molecular complexity index is 824. The van der Waals surface area contributed by atoms with E-state index in [-0.39, 0.29) is 18.1 Å². The van der Waals surface area contributed by atoms with Crippen molar-refractivity contribution in [3.63, 3.8) is 0 Å². The first-order valence-corrected chi connectivity index (χ1v) is 8.64. The topological polar surface area (TPSA) is 56.4 Å². The van der Waals surface area contributed by atoms with Gasteiger partial charge in [-0.1, -0.05) is 15.9 Å². The van der Waals surface area contributed by atoms with Crippen LogP contribution in [0.15, 0.2) is 63.2 Å². The molecule has 5 nitrogen and oxygen atoms in total. The summed E-state index contributed by atoms with van der Waals surface area (Å²) in [5.41, 5.74) is 5.53. The van der Waals surface area contributed by atoms with Crippen LogP contribution in [0.2, 0.25) is 0 Å². The lowest BCUT2D eigenvalue weighted by Gasteiger charge is -2.30. The molecule has 0 spiro atoms. The first kappa shape index (κ1) is 16.3. The van der Waals surface area contributed by atoms with Crippen LogP contribution >= 0.6 is 15.9 Å². The number of allylic oxidation sites excluding steroid dienone is 3. The van der Waals surface area contributed by atoms with Crippen LogP contribution in [-0.2, 0) is 4.79 Å². The number of anilines is 1. The molecule has 4 rings (SSSR count). The van der Waals surface area contributed by atoms with E-state index < -0.39 is 6.43 Å². The number of benzene rings is 1. The third kappa shape index (κ3) is 3.19. The smallest absolute Gasteiger partial charge is 0.280 e. The number of hydrogen-bond acceptors (Lipinski definition) is 4. The summed E-state index contributed by atoms with van der Waals surface area (Å²) in [4.78, 5) is 12.6. The number of rotatable bonds is 3. The van der Waals surface area contributed by atoms with E-state index >= 15 is 0 Å². The van der Waals surface area contributed by atoms with Crippen LogP contribution in [0.3, 0.4) is 0 Å². The van der Waals surface area contributed by atoms with E-state index in [1.807, 2.05) is 12.1 Å². The molecule has 8 heteroatoms. The van der Waals surface area contributed by atoms with Crippen molar-refractivity contribution in [3.05, 3.63) is 63.2 Å². The minimum absolute atomic E-state index is 0.144. The van der Waals surface area contributed by atoms with E-state index in [1.165, 1.54) is 11.1 Å². The van der Waals surface area contributed by atoms with Gasteiger partial charge in [0.25, 0.3) is 12.3 Å². The van der Waals surface area contributed by atoms with Gasteiger partial charge < -0.3 is 10.6 Å². The van der Waals surface area contributed by atoms with Gasteiger partial charge in [-0.2, -0.15) is 0 Å². The minimum atomic E-state index is -2.63. The van der Waals surface area contributed by atoms with E-state index in [0.717, 1.165) is 22.9 Å². The molecule has 1 aromatic carbocycles. The second kappa shape index (κ2) is 6.27. The zero-order chi connectivity index (χ0) is 17.6. The fourth-order valence-corrected chi connectivity index (χ4v) is 3.06. The maximum absolute atomic E-state index is 13.4. The molecule has 0 bridgehead atoms. The zero-order valence-electron chi connectivity index (χ0n) is 13.1. The van der Waals surface area contributed by atoms with Crippen molar-refractivity contribution in [3.8, 4) is 0 Å². The van der Waals surface area contributed by atoms with Crippen LogP contribution in [0, 0.1) is 0 Å². The second-order valence-corrected chi connectivity index (χ2v) is 6.89. The van der Waals surface area contributed by atoms with Crippen LogP contribution < -0.4 is 16.1 Å². The summed E-state index contributed by atoms with van der Waals surface area (Å²) in [6.45, 7) is 0.178.